The molecule has 2 N–H and O–H groups in total. The number of alkyl halides is 3. The highest BCUT2D eigenvalue weighted by atomic mass is 19.4. The highest BCUT2D eigenvalue weighted by molar-refractivity contribution is 5.89. The summed E-state index contributed by atoms with van der Waals surface area (Å²) >= 11 is 0. The second-order valence-electron chi connectivity index (χ2n) is 9.34. The van der Waals surface area contributed by atoms with E-state index in [1.165, 1.54) is 17.0 Å². The zero-order valence-electron chi connectivity index (χ0n) is 21.1. The molecule has 0 bridgehead atoms. The number of fused-ring (bicyclic) bond motifs is 1. The molecule has 0 aliphatic carbocycles. The van der Waals surface area contributed by atoms with E-state index in [0.29, 0.717) is 19.5 Å². The Balaban J connectivity index is 1.74. The first-order chi connectivity index (χ1) is 17.5. The van der Waals surface area contributed by atoms with Gasteiger partial charge in [-0.3, -0.25) is 4.79 Å². The number of halogens is 3. The number of nitrogens with zero attached hydrogens (tertiary/aromatic N) is 5. The van der Waals surface area contributed by atoms with E-state index < -0.39 is 23.9 Å². The zero-order chi connectivity index (χ0) is 27.2. The van der Waals surface area contributed by atoms with Gasteiger partial charge in [0.1, 0.15) is 0 Å². The van der Waals surface area contributed by atoms with Crippen LogP contribution in [0.2, 0.25) is 0 Å². The van der Waals surface area contributed by atoms with Crippen molar-refractivity contribution in [2.45, 2.75) is 58.2 Å². The first-order valence-corrected chi connectivity index (χ1v) is 12.1. The monoisotopic (exact) mass is 526 g/mol. The molecule has 1 aliphatic rings. The van der Waals surface area contributed by atoms with Crippen LogP contribution in [0.25, 0.3) is 0 Å². The Morgan fingerprint density at radius 1 is 1.32 bits per heavy atom. The number of anilines is 1. The predicted molar refractivity (Wildman–Crippen MR) is 128 cm³/mol. The summed E-state index contributed by atoms with van der Waals surface area (Å²) in [4.78, 5) is 28.7. The molecule has 0 saturated heterocycles. The van der Waals surface area contributed by atoms with Crippen LogP contribution in [-0.2, 0) is 28.9 Å². The number of carbonyl (C=O) groups is 2. The highest BCUT2D eigenvalue weighted by Crippen LogP contribution is 2.30. The van der Waals surface area contributed by atoms with Gasteiger partial charge in [-0.2, -0.15) is 13.2 Å². The molecule has 1 aliphatic heterocycles. The summed E-state index contributed by atoms with van der Waals surface area (Å²) in [5.74, 6) is -0.314. The molecule has 1 aromatic carbocycles. The Labute approximate surface area is 213 Å². The fourth-order valence-electron chi connectivity index (χ4n) is 4.06. The number of carbonyl (C=O) groups excluding carboxylic acids is 2. The Hall–Kier alpha value is -3.19. The number of aryl methyl sites for hydroxylation is 1. The third-order valence-corrected chi connectivity index (χ3v) is 6.40. The van der Waals surface area contributed by atoms with E-state index in [-0.39, 0.29) is 49.7 Å². The lowest BCUT2D eigenvalue weighted by Gasteiger charge is -2.35. The van der Waals surface area contributed by atoms with Crippen LogP contribution >= 0.6 is 0 Å². The highest BCUT2D eigenvalue weighted by Gasteiger charge is 2.31. The van der Waals surface area contributed by atoms with E-state index in [9.17, 15) is 27.9 Å². The molecule has 0 radical (unpaired) electrons. The first-order valence-electron chi connectivity index (χ1n) is 12.1. The van der Waals surface area contributed by atoms with Crippen LogP contribution in [0.5, 0.6) is 0 Å². The lowest BCUT2D eigenvalue weighted by molar-refractivity contribution is -0.138. The molecule has 3 amide bonds. The number of benzene rings is 1. The van der Waals surface area contributed by atoms with Gasteiger partial charge < -0.3 is 25.0 Å². The quantitative estimate of drug-likeness (QED) is 0.620. The summed E-state index contributed by atoms with van der Waals surface area (Å²) in [7, 11) is 1.55. The van der Waals surface area contributed by atoms with Gasteiger partial charge in [-0.05, 0) is 37.6 Å². The summed E-state index contributed by atoms with van der Waals surface area (Å²) in [5.41, 5.74) is 0.155. The average molecular weight is 527 g/mol. The lowest BCUT2D eigenvalue weighted by atomic mass is 10.0. The molecule has 1 aromatic heterocycles. The van der Waals surface area contributed by atoms with E-state index in [1.54, 1.807) is 29.7 Å². The van der Waals surface area contributed by atoms with Crippen molar-refractivity contribution < 1.29 is 32.6 Å². The van der Waals surface area contributed by atoms with Crippen molar-refractivity contribution in [3.63, 3.8) is 0 Å². The number of aromatic nitrogens is 3. The van der Waals surface area contributed by atoms with E-state index in [4.69, 9.17) is 4.74 Å². The van der Waals surface area contributed by atoms with Gasteiger partial charge in [0.2, 0.25) is 5.91 Å². The number of amides is 3. The van der Waals surface area contributed by atoms with Crippen molar-refractivity contribution in [1.82, 2.24) is 24.8 Å². The summed E-state index contributed by atoms with van der Waals surface area (Å²) in [6.45, 7) is 4.62. The van der Waals surface area contributed by atoms with E-state index >= 15 is 0 Å². The molecule has 0 fully saturated rings. The number of ether oxygens (including phenoxy) is 1. The van der Waals surface area contributed by atoms with Gasteiger partial charge >= 0.3 is 12.2 Å². The van der Waals surface area contributed by atoms with Crippen molar-refractivity contribution in [2.24, 2.45) is 5.92 Å². The SMILES string of the molecule is C[C@H](CO)N1C[C@H](C)[C@H](CN(C)C(=O)Nc2ccc(C(F)(F)F)cc2)OCc2cnnn2CCCC1=O. The molecule has 204 valence electrons. The molecule has 2 heterocycles. The lowest BCUT2D eigenvalue weighted by Crippen LogP contribution is -2.48. The van der Waals surface area contributed by atoms with Crippen molar-refractivity contribution in [3.8, 4) is 0 Å². The number of hydrogen-bond donors (Lipinski definition) is 2. The second kappa shape index (κ2) is 12.4. The van der Waals surface area contributed by atoms with Crippen molar-refractivity contribution in [3.05, 3.63) is 41.7 Å². The Kier molecular flexibility index (Phi) is 9.49. The van der Waals surface area contributed by atoms with E-state index in [2.05, 4.69) is 15.6 Å². The van der Waals surface area contributed by atoms with Crippen LogP contribution in [-0.4, -0.2) is 80.7 Å². The topological polar surface area (TPSA) is 113 Å². The number of aliphatic hydroxyl groups excluding tert-OH is 1. The minimum absolute atomic E-state index is 0.0946. The maximum atomic E-state index is 12.9. The maximum Gasteiger partial charge on any atom is 0.416 e. The minimum atomic E-state index is -4.46. The van der Waals surface area contributed by atoms with Crippen LogP contribution in [0.1, 0.15) is 37.9 Å². The van der Waals surface area contributed by atoms with Crippen LogP contribution in [0.4, 0.5) is 23.7 Å². The van der Waals surface area contributed by atoms with Gasteiger partial charge in [0.15, 0.2) is 0 Å². The number of likely N-dealkylation sites (N-methyl/N-ethyl adjacent to an activating group) is 1. The smallest absolute Gasteiger partial charge is 0.394 e. The van der Waals surface area contributed by atoms with E-state index in [0.717, 1.165) is 17.8 Å². The van der Waals surface area contributed by atoms with Gasteiger partial charge in [-0.1, -0.05) is 12.1 Å². The summed E-state index contributed by atoms with van der Waals surface area (Å²) in [5, 5.41) is 20.3. The van der Waals surface area contributed by atoms with Crippen LogP contribution in [0.15, 0.2) is 30.5 Å². The molecule has 0 unspecified atom stereocenters. The van der Waals surface area contributed by atoms with Gasteiger partial charge in [-0.15, -0.1) is 5.10 Å². The number of hydrogen-bond acceptors (Lipinski definition) is 6. The standard InChI is InChI=1S/C24H33F3N6O4/c1-16-12-32(17(2)14-34)22(35)5-4-10-33-20(11-28-30-33)15-37-21(16)13-31(3)23(36)29-19-8-6-18(7-9-19)24(25,26)27/h6-9,11,16-17,21,34H,4-5,10,12-15H2,1-3H3,(H,29,36)/t16-,17+,21-/m0/s1. The number of rotatable bonds is 5. The molecule has 3 atom stereocenters. The largest absolute Gasteiger partial charge is 0.416 e. The fraction of sp³-hybridized carbons (Fsp3) is 0.583. The summed E-state index contributed by atoms with van der Waals surface area (Å²) in [6.07, 6.45) is -2.52. The summed E-state index contributed by atoms with van der Waals surface area (Å²) in [6, 6.07) is 3.28. The third-order valence-electron chi connectivity index (χ3n) is 6.40. The second-order valence-corrected chi connectivity index (χ2v) is 9.34. The van der Waals surface area contributed by atoms with Gasteiger partial charge in [0.25, 0.3) is 0 Å². The van der Waals surface area contributed by atoms with Crippen molar-refractivity contribution in [1.29, 1.82) is 0 Å². The first kappa shape index (κ1) is 28.4. The number of urea groups is 1. The maximum absolute atomic E-state index is 12.9. The van der Waals surface area contributed by atoms with Crippen LogP contribution in [0, 0.1) is 5.92 Å². The molecule has 37 heavy (non-hydrogen) atoms. The van der Waals surface area contributed by atoms with Crippen LogP contribution in [0.3, 0.4) is 0 Å². The van der Waals surface area contributed by atoms with E-state index in [1.807, 2.05) is 6.92 Å². The minimum Gasteiger partial charge on any atom is -0.394 e. The average Bonchev–Trinajstić information content (AvgIpc) is 3.30. The summed E-state index contributed by atoms with van der Waals surface area (Å²) < 4.78 is 46.3. The van der Waals surface area contributed by atoms with Gasteiger partial charge in [0, 0.05) is 44.7 Å². The third kappa shape index (κ3) is 7.65. The fourth-order valence-corrected chi connectivity index (χ4v) is 4.06. The van der Waals surface area contributed by atoms with Crippen molar-refractivity contribution in [2.75, 3.05) is 32.1 Å². The Bertz CT molecular complexity index is 1050. The van der Waals surface area contributed by atoms with Crippen molar-refractivity contribution >= 4 is 17.6 Å². The normalized spacial score (nSPS) is 20.4. The molecule has 0 spiro atoms. The van der Waals surface area contributed by atoms with Crippen LogP contribution < -0.4 is 5.32 Å². The van der Waals surface area contributed by atoms with Gasteiger partial charge in [0.05, 0.1) is 42.8 Å². The molecule has 10 nitrogen and oxygen atoms in total. The van der Waals surface area contributed by atoms with Gasteiger partial charge in [-0.25, -0.2) is 9.48 Å². The molecule has 13 heteroatoms. The predicted octanol–water partition coefficient (Wildman–Crippen LogP) is 2.99. The molecule has 0 saturated carbocycles. The number of aliphatic hydroxyl groups is 1. The molecular weight excluding hydrogens is 493 g/mol. The Morgan fingerprint density at radius 2 is 2.03 bits per heavy atom. The molecule has 3 rings (SSSR count). The molecular formula is C24H33F3N6O4. The Morgan fingerprint density at radius 3 is 2.68 bits per heavy atom. The number of nitrogens with one attached hydrogen (secondary N) is 1. The zero-order valence-corrected chi connectivity index (χ0v) is 21.1. The molecule has 2 aromatic rings.